The summed E-state index contributed by atoms with van der Waals surface area (Å²) in [5.74, 6) is -0.555. The van der Waals surface area contributed by atoms with Gasteiger partial charge in [0.25, 0.3) is 0 Å². The standard InChI is InChI=1S/C15H14ClF2N/c16-14-5-2-6-15(18)13(14)10-19-8-7-11-3-1-4-12(17)9-11/h1-6,9,19H,7-8,10H2. The predicted molar refractivity (Wildman–Crippen MR) is 73.2 cm³/mol. The molecule has 0 spiro atoms. The SMILES string of the molecule is Fc1cccc(CCNCc2c(F)cccc2Cl)c1. The normalized spacial score (nSPS) is 10.7. The summed E-state index contributed by atoms with van der Waals surface area (Å²) in [5, 5.41) is 3.52. The maximum Gasteiger partial charge on any atom is 0.129 e. The number of hydrogen-bond acceptors (Lipinski definition) is 1. The Morgan fingerprint density at radius 3 is 2.58 bits per heavy atom. The first-order valence-corrected chi connectivity index (χ1v) is 6.42. The molecule has 0 aliphatic rings. The fraction of sp³-hybridized carbons (Fsp3) is 0.200. The minimum Gasteiger partial charge on any atom is -0.312 e. The van der Waals surface area contributed by atoms with Crippen molar-refractivity contribution in [3.63, 3.8) is 0 Å². The molecule has 0 aromatic heterocycles. The van der Waals surface area contributed by atoms with Crippen molar-refractivity contribution in [2.45, 2.75) is 13.0 Å². The lowest BCUT2D eigenvalue weighted by Crippen LogP contribution is -2.17. The lowest BCUT2D eigenvalue weighted by Gasteiger charge is -2.08. The van der Waals surface area contributed by atoms with Crippen LogP contribution in [-0.2, 0) is 13.0 Å². The predicted octanol–water partition coefficient (Wildman–Crippen LogP) is 3.95. The van der Waals surface area contributed by atoms with Gasteiger partial charge in [0.1, 0.15) is 11.6 Å². The minimum absolute atomic E-state index is 0.241. The van der Waals surface area contributed by atoms with E-state index in [2.05, 4.69) is 5.32 Å². The topological polar surface area (TPSA) is 12.0 Å². The van der Waals surface area contributed by atoms with Crippen molar-refractivity contribution in [3.8, 4) is 0 Å². The fourth-order valence-electron chi connectivity index (χ4n) is 1.84. The van der Waals surface area contributed by atoms with Gasteiger partial charge in [0.05, 0.1) is 0 Å². The summed E-state index contributed by atoms with van der Waals surface area (Å²) in [6, 6.07) is 11.1. The van der Waals surface area contributed by atoms with E-state index in [9.17, 15) is 8.78 Å². The summed E-state index contributed by atoms with van der Waals surface area (Å²) in [6.45, 7) is 0.995. The molecule has 0 unspecified atom stereocenters. The van der Waals surface area contributed by atoms with Crippen molar-refractivity contribution >= 4 is 11.6 Å². The molecule has 0 aliphatic heterocycles. The largest absolute Gasteiger partial charge is 0.312 e. The summed E-state index contributed by atoms with van der Waals surface area (Å²) in [4.78, 5) is 0. The average molecular weight is 282 g/mol. The average Bonchev–Trinajstić information content (AvgIpc) is 2.37. The smallest absolute Gasteiger partial charge is 0.129 e. The second kappa shape index (κ2) is 6.64. The number of rotatable bonds is 5. The highest BCUT2D eigenvalue weighted by Gasteiger charge is 2.05. The number of hydrogen-bond donors (Lipinski definition) is 1. The number of benzene rings is 2. The molecule has 1 nitrogen and oxygen atoms in total. The van der Waals surface area contributed by atoms with Crippen LogP contribution in [0.25, 0.3) is 0 Å². The second-order valence-corrected chi connectivity index (χ2v) is 4.66. The Kier molecular flexibility index (Phi) is 4.88. The second-order valence-electron chi connectivity index (χ2n) is 4.26. The van der Waals surface area contributed by atoms with Gasteiger partial charge in [0.15, 0.2) is 0 Å². The van der Waals surface area contributed by atoms with E-state index in [0.29, 0.717) is 30.1 Å². The third kappa shape index (κ3) is 4.01. The lowest BCUT2D eigenvalue weighted by molar-refractivity contribution is 0.587. The molecule has 0 amide bonds. The molecule has 4 heteroatoms. The Hall–Kier alpha value is -1.45. The zero-order valence-corrected chi connectivity index (χ0v) is 11.1. The van der Waals surface area contributed by atoms with E-state index in [-0.39, 0.29) is 11.6 Å². The van der Waals surface area contributed by atoms with Crippen LogP contribution in [0.2, 0.25) is 5.02 Å². The van der Waals surface area contributed by atoms with Crippen LogP contribution >= 0.6 is 11.6 Å². The first-order valence-electron chi connectivity index (χ1n) is 6.05. The highest BCUT2D eigenvalue weighted by atomic mass is 35.5. The summed E-state index contributed by atoms with van der Waals surface area (Å²) in [5.41, 5.74) is 1.37. The van der Waals surface area contributed by atoms with Crippen molar-refractivity contribution in [2.75, 3.05) is 6.54 Å². The van der Waals surface area contributed by atoms with Crippen molar-refractivity contribution in [2.24, 2.45) is 0 Å². The quantitative estimate of drug-likeness (QED) is 0.818. The van der Waals surface area contributed by atoms with E-state index in [1.54, 1.807) is 18.2 Å². The first kappa shape index (κ1) is 14.0. The van der Waals surface area contributed by atoms with Crippen molar-refractivity contribution in [1.29, 1.82) is 0 Å². The van der Waals surface area contributed by atoms with Crippen LogP contribution < -0.4 is 5.32 Å². The number of nitrogens with one attached hydrogen (secondary N) is 1. The molecule has 0 saturated heterocycles. The molecule has 19 heavy (non-hydrogen) atoms. The van der Waals surface area contributed by atoms with Crippen molar-refractivity contribution < 1.29 is 8.78 Å². The maximum absolute atomic E-state index is 13.5. The molecule has 100 valence electrons. The van der Waals surface area contributed by atoms with E-state index in [0.717, 1.165) is 5.56 Å². The molecule has 1 N–H and O–H groups in total. The summed E-state index contributed by atoms with van der Waals surface area (Å²) < 4.78 is 26.4. The Bertz CT molecular complexity index is 537. The van der Waals surface area contributed by atoms with Gasteiger partial charge in [-0.2, -0.15) is 0 Å². The van der Waals surface area contributed by atoms with Gasteiger partial charge in [0.2, 0.25) is 0 Å². The number of halogens is 3. The molecule has 2 rings (SSSR count). The Balaban J connectivity index is 1.84. The molecule has 0 fully saturated rings. The van der Waals surface area contributed by atoms with Gasteiger partial charge < -0.3 is 5.32 Å². The first-order chi connectivity index (χ1) is 9.16. The molecule has 0 radical (unpaired) electrons. The minimum atomic E-state index is -0.314. The van der Waals surface area contributed by atoms with Crippen LogP contribution in [0.15, 0.2) is 42.5 Å². The van der Waals surface area contributed by atoms with Gasteiger partial charge in [-0.25, -0.2) is 8.78 Å². The maximum atomic E-state index is 13.5. The van der Waals surface area contributed by atoms with Crippen LogP contribution in [-0.4, -0.2) is 6.54 Å². The van der Waals surface area contributed by atoms with Crippen LogP contribution in [0.5, 0.6) is 0 Å². The molecular formula is C15H14ClF2N. The highest BCUT2D eigenvalue weighted by molar-refractivity contribution is 6.31. The van der Waals surface area contributed by atoms with Crippen LogP contribution in [0.3, 0.4) is 0 Å². The van der Waals surface area contributed by atoms with Crippen LogP contribution in [0.1, 0.15) is 11.1 Å². The van der Waals surface area contributed by atoms with Gasteiger partial charge in [-0.1, -0.05) is 29.8 Å². The Labute approximate surface area is 116 Å². The van der Waals surface area contributed by atoms with Crippen molar-refractivity contribution in [3.05, 3.63) is 70.2 Å². The lowest BCUT2D eigenvalue weighted by atomic mass is 10.1. The molecule has 0 bridgehead atoms. The highest BCUT2D eigenvalue weighted by Crippen LogP contribution is 2.18. The van der Waals surface area contributed by atoms with Gasteiger partial charge in [-0.05, 0) is 42.8 Å². The van der Waals surface area contributed by atoms with Crippen LogP contribution in [0.4, 0.5) is 8.78 Å². The summed E-state index contributed by atoms with van der Waals surface area (Å²) in [7, 11) is 0. The molecule has 2 aromatic carbocycles. The zero-order chi connectivity index (χ0) is 13.7. The molecule has 2 aromatic rings. The third-order valence-electron chi connectivity index (χ3n) is 2.84. The molecule has 0 heterocycles. The van der Waals surface area contributed by atoms with E-state index in [1.807, 2.05) is 6.07 Å². The zero-order valence-electron chi connectivity index (χ0n) is 10.3. The van der Waals surface area contributed by atoms with E-state index in [4.69, 9.17) is 11.6 Å². The van der Waals surface area contributed by atoms with Crippen molar-refractivity contribution in [1.82, 2.24) is 5.32 Å². The van der Waals surface area contributed by atoms with E-state index < -0.39 is 0 Å². The summed E-state index contributed by atoms with van der Waals surface area (Å²) in [6.07, 6.45) is 0.684. The summed E-state index contributed by atoms with van der Waals surface area (Å²) >= 11 is 5.92. The van der Waals surface area contributed by atoms with Gasteiger partial charge in [-0.15, -0.1) is 0 Å². The fourth-order valence-corrected chi connectivity index (χ4v) is 2.07. The van der Waals surface area contributed by atoms with Gasteiger partial charge in [-0.3, -0.25) is 0 Å². The van der Waals surface area contributed by atoms with E-state index >= 15 is 0 Å². The third-order valence-corrected chi connectivity index (χ3v) is 3.20. The Morgan fingerprint density at radius 1 is 1.05 bits per heavy atom. The molecule has 0 saturated carbocycles. The molecule has 0 aliphatic carbocycles. The van der Waals surface area contributed by atoms with Gasteiger partial charge >= 0.3 is 0 Å². The van der Waals surface area contributed by atoms with Crippen LogP contribution in [0, 0.1) is 11.6 Å². The monoisotopic (exact) mass is 281 g/mol. The molecular weight excluding hydrogens is 268 g/mol. The van der Waals surface area contributed by atoms with E-state index in [1.165, 1.54) is 18.2 Å². The van der Waals surface area contributed by atoms with Gasteiger partial charge in [0, 0.05) is 17.1 Å². The molecule has 0 atom stereocenters. The Morgan fingerprint density at radius 2 is 1.84 bits per heavy atom.